The molecule has 4 heteroatoms. The zero-order chi connectivity index (χ0) is 21.5. The first kappa shape index (κ1) is 22.4. The summed E-state index contributed by atoms with van der Waals surface area (Å²) in [7, 11) is 0. The highest BCUT2D eigenvalue weighted by Gasteiger charge is 2.28. The molecule has 0 spiro atoms. The van der Waals surface area contributed by atoms with Gasteiger partial charge in [0.1, 0.15) is 0 Å². The van der Waals surface area contributed by atoms with Crippen molar-refractivity contribution in [2.45, 2.75) is 34.6 Å². The number of carbonyl (C=O) groups excluding carboxylic acids is 2. The molecule has 0 fully saturated rings. The third-order valence-electron chi connectivity index (χ3n) is 4.21. The highest BCUT2D eigenvalue weighted by molar-refractivity contribution is 5.89. The van der Waals surface area contributed by atoms with Crippen LogP contribution < -0.4 is 0 Å². The Bertz CT molecular complexity index is 841. The standard InChI is InChI=1S/C25H30O4/c1-24(2,3)23(27)29-18-25(4,5)17-28-22(26)21-15-13-20(14-16-21)12-11-19-9-7-6-8-10-19/h6-16H,17-18H2,1-5H3/b12-11+. The number of esters is 2. The Morgan fingerprint density at radius 3 is 1.83 bits per heavy atom. The molecule has 0 saturated heterocycles. The van der Waals surface area contributed by atoms with Crippen LogP contribution in [0.5, 0.6) is 0 Å². The van der Waals surface area contributed by atoms with Gasteiger partial charge in [-0.1, -0.05) is 68.5 Å². The molecule has 0 atom stereocenters. The molecule has 4 nitrogen and oxygen atoms in total. The van der Waals surface area contributed by atoms with E-state index < -0.39 is 10.8 Å². The van der Waals surface area contributed by atoms with E-state index in [-0.39, 0.29) is 25.2 Å². The Hall–Kier alpha value is -2.88. The summed E-state index contributed by atoms with van der Waals surface area (Å²) >= 11 is 0. The van der Waals surface area contributed by atoms with Gasteiger partial charge in [0, 0.05) is 5.41 Å². The molecule has 0 unspecified atom stereocenters. The number of rotatable bonds is 7. The van der Waals surface area contributed by atoms with Crippen LogP contribution in [0.2, 0.25) is 0 Å². The molecule has 0 amide bonds. The Kier molecular flexibility index (Phi) is 7.38. The Balaban J connectivity index is 1.87. The van der Waals surface area contributed by atoms with E-state index in [1.54, 1.807) is 32.9 Å². The lowest BCUT2D eigenvalue weighted by molar-refractivity contribution is -0.156. The maximum Gasteiger partial charge on any atom is 0.338 e. The SMILES string of the molecule is CC(C)(COC(=O)c1ccc(/C=C/c2ccccc2)cc1)COC(=O)C(C)(C)C. The van der Waals surface area contributed by atoms with Crippen LogP contribution in [0, 0.1) is 10.8 Å². The van der Waals surface area contributed by atoms with Crippen LogP contribution in [0.15, 0.2) is 54.6 Å². The Labute approximate surface area is 173 Å². The third-order valence-corrected chi connectivity index (χ3v) is 4.21. The van der Waals surface area contributed by atoms with E-state index in [1.165, 1.54) is 0 Å². The molecule has 0 radical (unpaired) electrons. The largest absolute Gasteiger partial charge is 0.465 e. The molecule has 0 heterocycles. The number of ether oxygens (including phenoxy) is 2. The lowest BCUT2D eigenvalue weighted by Gasteiger charge is -2.26. The maximum absolute atomic E-state index is 12.3. The second-order valence-corrected chi connectivity index (χ2v) is 8.93. The minimum Gasteiger partial charge on any atom is -0.465 e. The smallest absolute Gasteiger partial charge is 0.338 e. The average Bonchev–Trinajstić information content (AvgIpc) is 2.69. The number of hydrogen-bond donors (Lipinski definition) is 0. The predicted molar refractivity (Wildman–Crippen MR) is 116 cm³/mol. The first-order valence-corrected chi connectivity index (χ1v) is 9.74. The predicted octanol–water partition coefficient (Wildman–Crippen LogP) is 5.63. The summed E-state index contributed by atoms with van der Waals surface area (Å²) in [6, 6.07) is 17.3. The van der Waals surface area contributed by atoms with Crippen LogP contribution in [0.25, 0.3) is 12.2 Å². The van der Waals surface area contributed by atoms with Crippen LogP contribution in [0.1, 0.15) is 56.1 Å². The van der Waals surface area contributed by atoms with Crippen molar-refractivity contribution in [3.63, 3.8) is 0 Å². The van der Waals surface area contributed by atoms with E-state index >= 15 is 0 Å². The van der Waals surface area contributed by atoms with Crippen molar-refractivity contribution in [1.82, 2.24) is 0 Å². The third kappa shape index (κ3) is 7.57. The van der Waals surface area contributed by atoms with Crippen LogP contribution in [-0.4, -0.2) is 25.2 Å². The van der Waals surface area contributed by atoms with Crippen molar-refractivity contribution in [1.29, 1.82) is 0 Å². The summed E-state index contributed by atoms with van der Waals surface area (Å²) in [6.07, 6.45) is 4.02. The van der Waals surface area contributed by atoms with Gasteiger partial charge in [-0.3, -0.25) is 4.79 Å². The van der Waals surface area contributed by atoms with E-state index in [0.717, 1.165) is 11.1 Å². The minimum atomic E-state index is -0.552. The van der Waals surface area contributed by atoms with Gasteiger partial charge in [-0.15, -0.1) is 0 Å². The number of carbonyl (C=O) groups is 2. The topological polar surface area (TPSA) is 52.6 Å². The summed E-state index contributed by atoms with van der Waals surface area (Å²) in [5.74, 6) is -0.658. The van der Waals surface area contributed by atoms with E-state index in [1.807, 2.05) is 68.5 Å². The number of hydrogen-bond acceptors (Lipinski definition) is 4. The molecule has 2 rings (SSSR count). The first-order valence-electron chi connectivity index (χ1n) is 9.74. The normalized spacial score (nSPS) is 12.0. The zero-order valence-electron chi connectivity index (χ0n) is 17.9. The first-order chi connectivity index (χ1) is 13.6. The highest BCUT2D eigenvalue weighted by Crippen LogP contribution is 2.21. The van der Waals surface area contributed by atoms with Gasteiger partial charge in [0.15, 0.2) is 0 Å². The van der Waals surface area contributed by atoms with E-state index in [4.69, 9.17) is 9.47 Å². The van der Waals surface area contributed by atoms with Gasteiger partial charge >= 0.3 is 11.9 Å². The van der Waals surface area contributed by atoms with Gasteiger partial charge in [0.2, 0.25) is 0 Å². The quantitative estimate of drug-likeness (QED) is 0.451. The fourth-order valence-corrected chi connectivity index (χ4v) is 2.35. The molecular formula is C25H30O4. The van der Waals surface area contributed by atoms with Gasteiger partial charge in [0.25, 0.3) is 0 Å². The molecular weight excluding hydrogens is 364 g/mol. The molecule has 0 N–H and O–H groups in total. The summed E-state index contributed by atoms with van der Waals surface area (Å²) in [5, 5.41) is 0. The minimum absolute atomic E-state index is 0.166. The fraction of sp³-hybridized carbons (Fsp3) is 0.360. The van der Waals surface area contributed by atoms with E-state index in [2.05, 4.69) is 0 Å². The average molecular weight is 395 g/mol. The van der Waals surface area contributed by atoms with Gasteiger partial charge < -0.3 is 9.47 Å². The van der Waals surface area contributed by atoms with Crippen LogP contribution in [0.3, 0.4) is 0 Å². The van der Waals surface area contributed by atoms with Gasteiger partial charge in [-0.05, 0) is 44.0 Å². The summed E-state index contributed by atoms with van der Waals surface area (Å²) < 4.78 is 10.8. The van der Waals surface area contributed by atoms with Crippen molar-refractivity contribution >= 4 is 24.1 Å². The summed E-state index contributed by atoms with van der Waals surface area (Å²) in [6.45, 7) is 9.57. The molecule has 2 aromatic carbocycles. The molecule has 0 bridgehead atoms. The molecule has 154 valence electrons. The van der Waals surface area contributed by atoms with E-state index in [0.29, 0.717) is 5.56 Å². The molecule has 2 aromatic rings. The van der Waals surface area contributed by atoms with Crippen molar-refractivity contribution in [3.8, 4) is 0 Å². The van der Waals surface area contributed by atoms with Crippen LogP contribution in [-0.2, 0) is 14.3 Å². The molecule has 0 aromatic heterocycles. The highest BCUT2D eigenvalue weighted by atomic mass is 16.5. The Morgan fingerprint density at radius 1 is 0.759 bits per heavy atom. The Morgan fingerprint density at radius 2 is 1.28 bits per heavy atom. The second-order valence-electron chi connectivity index (χ2n) is 8.93. The van der Waals surface area contributed by atoms with Crippen molar-refractivity contribution in [2.75, 3.05) is 13.2 Å². The van der Waals surface area contributed by atoms with Gasteiger partial charge in [-0.25, -0.2) is 4.79 Å². The van der Waals surface area contributed by atoms with E-state index in [9.17, 15) is 9.59 Å². The van der Waals surface area contributed by atoms with Crippen LogP contribution in [0.4, 0.5) is 0 Å². The molecule has 29 heavy (non-hydrogen) atoms. The lowest BCUT2D eigenvalue weighted by atomic mass is 9.95. The lowest BCUT2D eigenvalue weighted by Crippen LogP contribution is -2.32. The molecule has 0 aliphatic carbocycles. The summed E-state index contributed by atoms with van der Waals surface area (Å²) in [4.78, 5) is 24.2. The zero-order valence-corrected chi connectivity index (χ0v) is 17.9. The number of benzene rings is 2. The fourth-order valence-electron chi connectivity index (χ4n) is 2.35. The van der Waals surface area contributed by atoms with Gasteiger partial charge in [0.05, 0.1) is 24.2 Å². The van der Waals surface area contributed by atoms with Crippen molar-refractivity contribution < 1.29 is 19.1 Å². The van der Waals surface area contributed by atoms with Crippen LogP contribution >= 0.6 is 0 Å². The molecule has 0 aliphatic rings. The maximum atomic E-state index is 12.3. The monoisotopic (exact) mass is 394 g/mol. The van der Waals surface area contributed by atoms with Crippen molar-refractivity contribution in [3.05, 3.63) is 71.3 Å². The van der Waals surface area contributed by atoms with Gasteiger partial charge in [-0.2, -0.15) is 0 Å². The summed E-state index contributed by atoms with van der Waals surface area (Å²) in [5.41, 5.74) is 1.59. The molecule has 0 saturated carbocycles. The van der Waals surface area contributed by atoms with Crippen molar-refractivity contribution in [2.24, 2.45) is 10.8 Å². The molecule has 0 aliphatic heterocycles. The second kappa shape index (κ2) is 9.55.